The number of carboxylic acids is 1. The van der Waals surface area contributed by atoms with E-state index in [-0.39, 0.29) is 24.5 Å². The maximum absolute atomic E-state index is 13.6. The maximum Gasteiger partial charge on any atom is 0.328 e. The Morgan fingerprint density at radius 2 is 2.15 bits per heavy atom. The normalized spacial score (nSPS) is 11.7. The molecule has 0 saturated carbocycles. The lowest BCUT2D eigenvalue weighted by Gasteiger charge is -2.07. The van der Waals surface area contributed by atoms with Gasteiger partial charge in [0.15, 0.2) is 11.6 Å². The molecule has 20 heavy (non-hydrogen) atoms. The Labute approximate surface area is 116 Å². The van der Waals surface area contributed by atoms with Crippen molar-refractivity contribution in [3.05, 3.63) is 35.7 Å². The van der Waals surface area contributed by atoms with Crippen molar-refractivity contribution in [2.45, 2.75) is 6.42 Å². The van der Waals surface area contributed by atoms with Gasteiger partial charge < -0.3 is 9.84 Å². The van der Waals surface area contributed by atoms with E-state index in [0.717, 1.165) is 18.4 Å². The number of halogens is 1. The molecule has 0 bridgehead atoms. The van der Waals surface area contributed by atoms with Crippen LogP contribution in [-0.2, 0) is 14.6 Å². The first-order valence-electron chi connectivity index (χ1n) is 5.79. The van der Waals surface area contributed by atoms with Gasteiger partial charge >= 0.3 is 5.97 Å². The Kier molecular flexibility index (Phi) is 5.69. The standard InChI is InChI=1S/C13H15FO5S/c1-20(17,18)8-2-7-19-12-5-3-10(9-11(12)14)4-6-13(15)16/h3-6,9H,2,7-8H2,1H3,(H,15,16)/b6-4+. The first-order chi connectivity index (χ1) is 9.28. The zero-order valence-electron chi connectivity index (χ0n) is 10.9. The van der Waals surface area contributed by atoms with Gasteiger partial charge in [-0.15, -0.1) is 0 Å². The quantitative estimate of drug-likeness (QED) is 0.613. The number of carboxylic acid groups (broad SMARTS) is 1. The topological polar surface area (TPSA) is 80.7 Å². The summed E-state index contributed by atoms with van der Waals surface area (Å²) in [7, 11) is -3.05. The van der Waals surface area contributed by atoms with Crippen LogP contribution in [0.5, 0.6) is 5.75 Å². The van der Waals surface area contributed by atoms with E-state index < -0.39 is 21.6 Å². The monoisotopic (exact) mass is 302 g/mol. The average Bonchev–Trinajstić information content (AvgIpc) is 2.32. The van der Waals surface area contributed by atoms with Crippen LogP contribution >= 0.6 is 0 Å². The summed E-state index contributed by atoms with van der Waals surface area (Å²) in [5, 5.41) is 8.45. The number of sulfone groups is 1. The molecular weight excluding hydrogens is 287 g/mol. The summed E-state index contributed by atoms with van der Waals surface area (Å²) in [6, 6.07) is 4.02. The van der Waals surface area contributed by atoms with Crippen LogP contribution in [-0.4, -0.2) is 38.1 Å². The van der Waals surface area contributed by atoms with E-state index in [2.05, 4.69) is 0 Å². The van der Waals surface area contributed by atoms with Gasteiger partial charge in [-0.1, -0.05) is 6.07 Å². The highest BCUT2D eigenvalue weighted by Gasteiger charge is 2.06. The third-order valence-electron chi connectivity index (χ3n) is 2.29. The van der Waals surface area contributed by atoms with E-state index in [1.54, 1.807) is 0 Å². The molecule has 1 aromatic carbocycles. The summed E-state index contributed by atoms with van der Waals surface area (Å²) >= 11 is 0. The molecule has 0 aliphatic carbocycles. The van der Waals surface area contributed by atoms with Gasteiger partial charge in [-0.05, 0) is 30.2 Å². The first kappa shape index (κ1) is 16.2. The molecule has 0 fully saturated rings. The van der Waals surface area contributed by atoms with Crippen molar-refractivity contribution in [2.75, 3.05) is 18.6 Å². The maximum atomic E-state index is 13.6. The van der Waals surface area contributed by atoms with Crippen molar-refractivity contribution in [3.8, 4) is 5.75 Å². The van der Waals surface area contributed by atoms with Crippen molar-refractivity contribution < 1.29 is 27.4 Å². The summed E-state index contributed by atoms with van der Waals surface area (Å²) in [4.78, 5) is 10.3. The Morgan fingerprint density at radius 1 is 1.45 bits per heavy atom. The molecule has 5 nitrogen and oxygen atoms in total. The van der Waals surface area contributed by atoms with Crippen LogP contribution in [0.1, 0.15) is 12.0 Å². The van der Waals surface area contributed by atoms with E-state index in [4.69, 9.17) is 9.84 Å². The van der Waals surface area contributed by atoms with Crippen molar-refractivity contribution in [2.24, 2.45) is 0 Å². The zero-order chi connectivity index (χ0) is 15.2. The highest BCUT2D eigenvalue weighted by Crippen LogP contribution is 2.19. The summed E-state index contributed by atoms with van der Waals surface area (Å²) in [6.07, 6.45) is 3.57. The van der Waals surface area contributed by atoms with Gasteiger partial charge in [0.25, 0.3) is 0 Å². The lowest BCUT2D eigenvalue weighted by atomic mass is 10.2. The third kappa shape index (κ3) is 6.33. The summed E-state index contributed by atoms with van der Waals surface area (Å²) in [6.45, 7) is 0.0916. The highest BCUT2D eigenvalue weighted by molar-refractivity contribution is 7.90. The van der Waals surface area contributed by atoms with Crippen LogP contribution in [0.2, 0.25) is 0 Å². The van der Waals surface area contributed by atoms with E-state index in [1.807, 2.05) is 0 Å². The molecule has 0 saturated heterocycles. The highest BCUT2D eigenvalue weighted by atomic mass is 32.2. The van der Waals surface area contributed by atoms with Gasteiger partial charge in [0, 0.05) is 12.3 Å². The Balaban J connectivity index is 2.58. The molecule has 1 N–H and O–H groups in total. The summed E-state index contributed by atoms with van der Waals surface area (Å²) in [5.41, 5.74) is 0.397. The summed E-state index contributed by atoms with van der Waals surface area (Å²) in [5.74, 6) is -1.76. The minimum Gasteiger partial charge on any atom is -0.490 e. The van der Waals surface area contributed by atoms with Crippen LogP contribution in [0.15, 0.2) is 24.3 Å². The SMILES string of the molecule is CS(=O)(=O)CCCOc1ccc(/C=C/C(=O)O)cc1F. The second-order valence-corrected chi connectivity index (χ2v) is 6.45. The number of carbonyl (C=O) groups is 1. The predicted octanol–water partition coefficient (Wildman–Crippen LogP) is 1.74. The van der Waals surface area contributed by atoms with Gasteiger partial charge in [-0.25, -0.2) is 17.6 Å². The fourth-order valence-electron chi connectivity index (χ4n) is 1.41. The van der Waals surface area contributed by atoms with Gasteiger partial charge in [0.05, 0.1) is 12.4 Å². The minimum absolute atomic E-state index is 0.00553. The van der Waals surface area contributed by atoms with Crippen LogP contribution in [0.4, 0.5) is 4.39 Å². The number of rotatable bonds is 7. The van der Waals surface area contributed by atoms with Gasteiger partial charge in [0.1, 0.15) is 9.84 Å². The second kappa shape index (κ2) is 7.04. The van der Waals surface area contributed by atoms with Crippen molar-refractivity contribution in [3.63, 3.8) is 0 Å². The molecule has 0 unspecified atom stereocenters. The van der Waals surface area contributed by atoms with Crippen molar-refractivity contribution in [1.82, 2.24) is 0 Å². The van der Waals surface area contributed by atoms with Gasteiger partial charge in [-0.2, -0.15) is 0 Å². The van der Waals surface area contributed by atoms with E-state index >= 15 is 0 Å². The molecule has 0 aliphatic rings. The molecule has 0 atom stereocenters. The van der Waals surface area contributed by atoms with Crippen LogP contribution < -0.4 is 4.74 Å². The number of hydrogen-bond donors (Lipinski definition) is 1. The molecule has 1 aromatic rings. The fraction of sp³-hybridized carbons (Fsp3) is 0.308. The molecule has 1 rings (SSSR count). The Morgan fingerprint density at radius 3 is 2.70 bits per heavy atom. The molecule has 0 heterocycles. The Bertz CT molecular complexity index is 607. The fourth-order valence-corrected chi connectivity index (χ4v) is 2.05. The summed E-state index contributed by atoms with van der Waals surface area (Å²) < 4.78 is 40.5. The van der Waals surface area contributed by atoms with Crippen LogP contribution in [0.25, 0.3) is 6.08 Å². The molecule has 7 heteroatoms. The average molecular weight is 302 g/mol. The zero-order valence-corrected chi connectivity index (χ0v) is 11.7. The van der Waals surface area contributed by atoms with Gasteiger partial charge in [0.2, 0.25) is 0 Å². The minimum atomic E-state index is -3.05. The second-order valence-electron chi connectivity index (χ2n) is 4.19. The molecule has 0 aromatic heterocycles. The molecule has 0 amide bonds. The van der Waals surface area contributed by atoms with Gasteiger partial charge in [-0.3, -0.25) is 0 Å². The van der Waals surface area contributed by atoms with Crippen molar-refractivity contribution in [1.29, 1.82) is 0 Å². The smallest absolute Gasteiger partial charge is 0.328 e. The van der Waals surface area contributed by atoms with Crippen LogP contribution in [0, 0.1) is 5.82 Å². The molecule has 0 radical (unpaired) electrons. The predicted molar refractivity (Wildman–Crippen MR) is 72.9 cm³/mol. The lowest BCUT2D eigenvalue weighted by molar-refractivity contribution is -0.131. The molecule has 110 valence electrons. The van der Waals surface area contributed by atoms with E-state index in [9.17, 15) is 17.6 Å². The number of benzene rings is 1. The first-order valence-corrected chi connectivity index (χ1v) is 7.85. The van der Waals surface area contributed by atoms with Crippen molar-refractivity contribution >= 4 is 21.9 Å². The van der Waals surface area contributed by atoms with E-state index in [1.165, 1.54) is 18.2 Å². The Hall–Kier alpha value is -1.89. The number of hydrogen-bond acceptors (Lipinski definition) is 4. The molecular formula is C13H15FO5S. The number of ether oxygens (including phenoxy) is 1. The molecule has 0 spiro atoms. The largest absolute Gasteiger partial charge is 0.490 e. The van der Waals surface area contributed by atoms with Crippen LogP contribution in [0.3, 0.4) is 0 Å². The molecule has 0 aliphatic heterocycles. The lowest BCUT2D eigenvalue weighted by Crippen LogP contribution is -2.08. The number of aliphatic carboxylic acids is 1. The third-order valence-corrected chi connectivity index (χ3v) is 3.32. The van der Waals surface area contributed by atoms with E-state index in [0.29, 0.717) is 5.56 Å².